The van der Waals surface area contributed by atoms with Crippen LogP contribution in [-0.2, 0) is 4.79 Å². The molecule has 11 heteroatoms. The molecule has 198 valence electrons. The van der Waals surface area contributed by atoms with Crippen LogP contribution in [-0.4, -0.2) is 51.3 Å². The van der Waals surface area contributed by atoms with Crippen LogP contribution in [0.5, 0.6) is 23.0 Å². The van der Waals surface area contributed by atoms with Gasteiger partial charge in [-0.25, -0.2) is 4.79 Å². The molecular formula is C27H25BrN2O8. The van der Waals surface area contributed by atoms with Gasteiger partial charge in [-0.3, -0.25) is 9.59 Å². The quantitative estimate of drug-likeness (QED) is 0.295. The summed E-state index contributed by atoms with van der Waals surface area (Å²) in [4.78, 5) is 38.1. The monoisotopic (exact) mass is 584 g/mol. The Morgan fingerprint density at radius 1 is 0.816 bits per heavy atom. The Balaban J connectivity index is 2.11. The van der Waals surface area contributed by atoms with E-state index < -0.39 is 17.8 Å². The summed E-state index contributed by atoms with van der Waals surface area (Å²) in [5.74, 6) is -1.16. The molecule has 0 saturated carbocycles. The Hall–Kier alpha value is -4.51. The predicted octanol–water partition coefficient (Wildman–Crippen LogP) is 4.59. The number of carbonyl (C=O) groups is 3. The van der Waals surface area contributed by atoms with Crippen molar-refractivity contribution >= 4 is 45.5 Å². The van der Waals surface area contributed by atoms with E-state index in [1.807, 2.05) is 0 Å². The third-order valence-electron chi connectivity index (χ3n) is 5.34. The van der Waals surface area contributed by atoms with Crippen molar-refractivity contribution in [3.8, 4) is 23.0 Å². The lowest BCUT2D eigenvalue weighted by Gasteiger charge is -2.16. The zero-order chi connectivity index (χ0) is 27.8. The molecule has 10 nitrogen and oxygen atoms in total. The smallest absolute Gasteiger partial charge is 0.335 e. The summed E-state index contributed by atoms with van der Waals surface area (Å²) in [6.07, 6.45) is 1.40. The molecule has 3 aromatic rings. The molecule has 0 radical (unpaired) electrons. The lowest BCUT2D eigenvalue weighted by atomic mass is 10.1. The zero-order valence-electron chi connectivity index (χ0n) is 21.0. The van der Waals surface area contributed by atoms with Gasteiger partial charge in [0.05, 0.1) is 45.3 Å². The number of ether oxygens (including phenoxy) is 4. The fraction of sp³-hybridized carbons (Fsp3) is 0.148. The van der Waals surface area contributed by atoms with E-state index in [1.165, 1.54) is 52.7 Å². The van der Waals surface area contributed by atoms with E-state index in [-0.39, 0.29) is 28.3 Å². The van der Waals surface area contributed by atoms with E-state index >= 15 is 0 Å². The van der Waals surface area contributed by atoms with Crippen molar-refractivity contribution in [2.45, 2.75) is 0 Å². The first-order chi connectivity index (χ1) is 18.2. The molecule has 38 heavy (non-hydrogen) atoms. The molecule has 3 N–H and O–H groups in total. The highest BCUT2D eigenvalue weighted by Crippen LogP contribution is 2.36. The van der Waals surface area contributed by atoms with Crippen LogP contribution in [0.2, 0.25) is 0 Å². The molecular weight excluding hydrogens is 560 g/mol. The second-order valence-electron chi connectivity index (χ2n) is 7.62. The molecule has 0 saturated heterocycles. The Bertz CT molecular complexity index is 1400. The van der Waals surface area contributed by atoms with E-state index in [1.54, 1.807) is 36.4 Å². The van der Waals surface area contributed by atoms with Crippen LogP contribution in [0.4, 0.5) is 5.69 Å². The minimum atomic E-state index is -1.18. The van der Waals surface area contributed by atoms with Crippen LogP contribution < -0.4 is 29.6 Å². The van der Waals surface area contributed by atoms with Gasteiger partial charge in [0.1, 0.15) is 17.2 Å². The molecule has 0 fully saturated rings. The van der Waals surface area contributed by atoms with Crippen molar-refractivity contribution < 1.29 is 38.4 Å². The average molecular weight is 585 g/mol. The van der Waals surface area contributed by atoms with Crippen LogP contribution in [0.15, 0.2) is 64.8 Å². The fourth-order valence-electron chi connectivity index (χ4n) is 3.44. The Morgan fingerprint density at radius 3 is 2.05 bits per heavy atom. The standard InChI is InChI=1S/C27H25BrN2O8/c1-35-21-10-9-15(27(33)34)11-19(21)29-26(32)20(30-25(31)17-7-5-6-8-18(17)28)12-16-13-23(37-3)24(38-4)14-22(16)36-2/h5-14H,1-4H3,(H,29,32)(H,30,31)(H,33,34)/b20-12-. The van der Waals surface area contributed by atoms with Gasteiger partial charge in [-0.05, 0) is 58.4 Å². The number of amides is 2. The number of carboxylic acid groups (broad SMARTS) is 1. The Morgan fingerprint density at radius 2 is 1.45 bits per heavy atom. The predicted molar refractivity (Wildman–Crippen MR) is 144 cm³/mol. The van der Waals surface area contributed by atoms with Gasteiger partial charge in [0, 0.05) is 16.1 Å². The van der Waals surface area contributed by atoms with Gasteiger partial charge in [0.25, 0.3) is 11.8 Å². The van der Waals surface area contributed by atoms with Crippen LogP contribution in [0.3, 0.4) is 0 Å². The van der Waals surface area contributed by atoms with Gasteiger partial charge in [-0.1, -0.05) is 12.1 Å². The number of rotatable bonds is 10. The topological polar surface area (TPSA) is 132 Å². The molecule has 0 spiro atoms. The average Bonchev–Trinajstić information content (AvgIpc) is 2.92. The molecule has 0 bridgehead atoms. The van der Waals surface area contributed by atoms with Crippen molar-refractivity contribution in [2.24, 2.45) is 0 Å². The molecule has 0 aliphatic rings. The molecule has 0 heterocycles. The molecule has 3 rings (SSSR count). The van der Waals surface area contributed by atoms with Crippen molar-refractivity contribution in [1.29, 1.82) is 0 Å². The third-order valence-corrected chi connectivity index (χ3v) is 6.03. The molecule has 0 atom stereocenters. The molecule has 0 unspecified atom stereocenters. The molecule has 0 aliphatic carbocycles. The lowest BCUT2D eigenvalue weighted by Crippen LogP contribution is -2.31. The normalized spacial score (nSPS) is 10.8. The van der Waals surface area contributed by atoms with Gasteiger partial charge < -0.3 is 34.7 Å². The highest BCUT2D eigenvalue weighted by Gasteiger charge is 2.20. The van der Waals surface area contributed by atoms with Crippen LogP contribution in [0, 0.1) is 0 Å². The van der Waals surface area contributed by atoms with E-state index in [2.05, 4.69) is 26.6 Å². The highest BCUT2D eigenvalue weighted by atomic mass is 79.9. The second kappa shape index (κ2) is 12.6. The molecule has 3 aromatic carbocycles. The summed E-state index contributed by atoms with van der Waals surface area (Å²) in [6, 6.07) is 13.9. The maximum Gasteiger partial charge on any atom is 0.335 e. The van der Waals surface area contributed by atoms with Crippen molar-refractivity contribution in [2.75, 3.05) is 33.8 Å². The van der Waals surface area contributed by atoms with Crippen molar-refractivity contribution in [1.82, 2.24) is 5.32 Å². The summed E-state index contributed by atoms with van der Waals surface area (Å²) in [6.45, 7) is 0. The minimum absolute atomic E-state index is 0.0644. The first kappa shape index (κ1) is 28.1. The van der Waals surface area contributed by atoms with E-state index in [0.29, 0.717) is 27.3 Å². The SMILES string of the molecule is COc1cc(OC)c(OC)cc1/C=C(\NC(=O)c1ccccc1Br)C(=O)Nc1cc(C(=O)O)ccc1OC. The molecule has 2 amide bonds. The third kappa shape index (κ3) is 6.43. The first-order valence-electron chi connectivity index (χ1n) is 11.0. The van der Waals surface area contributed by atoms with Gasteiger partial charge in [-0.15, -0.1) is 0 Å². The number of carboxylic acids is 1. The lowest BCUT2D eigenvalue weighted by molar-refractivity contribution is -0.113. The summed E-state index contributed by atoms with van der Waals surface area (Å²) >= 11 is 3.34. The number of benzene rings is 3. The van der Waals surface area contributed by atoms with Gasteiger partial charge in [-0.2, -0.15) is 0 Å². The number of carbonyl (C=O) groups excluding carboxylic acids is 2. The summed E-state index contributed by atoms with van der Waals surface area (Å²) in [5.41, 5.74) is 0.548. The van der Waals surface area contributed by atoms with Crippen LogP contribution in [0.25, 0.3) is 6.08 Å². The second-order valence-corrected chi connectivity index (χ2v) is 8.47. The fourth-order valence-corrected chi connectivity index (χ4v) is 3.91. The number of anilines is 1. The van der Waals surface area contributed by atoms with Crippen molar-refractivity contribution in [3.63, 3.8) is 0 Å². The number of methoxy groups -OCH3 is 4. The Kier molecular flexibility index (Phi) is 9.33. The number of aromatic carboxylic acids is 1. The van der Waals surface area contributed by atoms with Crippen LogP contribution >= 0.6 is 15.9 Å². The van der Waals surface area contributed by atoms with E-state index in [9.17, 15) is 19.5 Å². The Labute approximate surface area is 227 Å². The maximum atomic E-state index is 13.5. The van der Waals surface area contributed by atoms with Crippen LogP contribution in [0.1, 0.15) is 26.3 Å². The number of halogens is 1. The van der Waals surface area contributed by atoms with Gasteiger partial charge >= 0.3 is 5.97 Å². The summed E-state index contributed by atoms with van der Waals surface area (Å²) in [5, 5.41) is 14.6. The number of nitrogens with one attached hydrogen (secondary N) is 2. The van der Waals surface area contributed by atoms with Crippen molar-refractivity contribution in [3.05, 3.63) is 81.5 Å². The summed E-state index contributed by atoms with van der Waals surface area (Å²) in [7, 11) is 5.76. The summed E-state index contributed by atoms with van der Waals surface area (Å²) < 4.78 is 21.9. The van der Waals surface area contributed by atoms with E-state index in [0.717, 1.165) is 0 Å². The van der Waals surface area contributed by atoms with E-state index in [4.69, 9.17) is 18.9 Å². The largest absolute Gasteiger partial charge is 0.496 e. The van der Waals surface area contributed by atoms with Gasteiger partial charge in [0.2, 0.25) is 0 Å². The highest BCUT2D eigenvalue weighted by molar-refractivity contribution is 9.10. The zero-order valence-corrected chi connectivity index (χ0v) is 22.5. The minimum Gasteiger partial charge on any atom is -0.496 e. The maximum absolute atomic E-state index is 13.5. The first-order valence-corrected chi connectivity index (χ1v) is 11.8. The number of hydrogen-bond donors (Lipinski definition) is 3. The van der Waals surface area contributed by atoms with Gasteiger partial charge in [0.15, 0.2) is 11.5 Å². The molecule has 0 aliphatic heterocycles. The number of hydrogen-bond acceptors (Lipinski definition) is 7. The molecule has 0 aromatic heterocycles.